The maximum atomic E-state index is 13.0. The van der Waals surface area contributed by atoms with Crippen LogP contribution >= 0.6 is 11.6 Å². The van der Waals surface area contributed by atoms with Crippen LogP contribution in [-0.2, 0) is 9.59 Å². The summed E-state index contributed by atoms with van der Waals surface area (Å²) in [4.78, 5) is 38.7. The Morgan fingerprint density at radius 1 is 1.17 bits per heavy atom. The second kappa shape index (κ2) is 8.84. The second-order valence-electron chi connectivity index (χ2n) is 6.35. The van der Waals surface area contributed by atoms with Gasteiger partial charge in [0.05, 0.1) is 12.8 Å². The number of nitrogens with zero attached hydrogens (tertiary/aromatic N) is 1. The Labute approximate surface area is 178 Å². The smallest absolute Gasteiger partial charge is 0.335 e. The van der Waals surface area contributed by atoms with E-state index in [1.165, 1.54) is 13.2 Å². The first-order valence-corrected chi connectivity index (χ1v) is 9.33. The summed E-state index contributed by atoms with van der Waals surface area (Å²) >= 11 is 6.12. The number of amides is 4. The van der Waals surface area contributed by atoms with Gasteiger partial charge in [-0.1, -0.05) is 36.4 Å². The van der Waals surface area contributed by atoms with Crippen molar-refractivity contribution in [2.24, 2.45) is 0 Å². The lowest BCUT2D eigenvalue weighted by Gasteiger charge is -2.27. The quantitative estimate of drug-likeness (QED) is 0.430. The van der Waals surface area contributed by atoms with Crippen molar-refractivity contribution in [3.63, 3.8) is 0 Å². The molecule has 7 nitrogen and oxygen atoms in total. The monoisotopic (exact) mass is 426 g/mol. The number of hydrogen-bond donors (Lipinski definition) is 1. The van der Waals surface area contributed by atoms with Crippen LogP contribution in [0.1, 0.15) is 11.1 Å². The van der Waals surface area contributed by atoms with E-state index in [9.17, 15) is 14.4 Å². The van der Waals surface area contributed by atoms with E-state index < -0.39 is 17.8 Å². The Balaban J connectivity index is 2.00. The molecule has 2 aromatic carbocycles. The average molecular weight is 427 g/mol. The molecular formula is C22H19ClN2O5. The van der Waals surface area contributed by atoms with Crippen LogP contribution < -0.4 is 19.7 Å². The van der Waals surface area contributed by atoms with Crippen molar-refractivity contribution in [3.05, 3.63) is 70.8 Å². The van der Waals surface area contributed by atoms with Crippen molar-refractivity contribution in [1.29, 1.82) is 0 Å². The molecule has 30 heavy (non-hydrogen) atoms. The number of halogens is 1. The summed E-state index contributed by atoms with van der Waals surface area (Å²) in [5.74, 6) is -0.620. The van der Waals surface area contributed by atoms with Crippen molar-refractivity contribution >= 4 is 41.2 Å². The van der Waals surface area contributed by atoms with E-state index in [2.05, 4.69) is 11.9 Å². The number of barbiturate groups is 1. The zero-order chi connectivity index (χ0) is 21.8. The highest BCUT2D eigenvalue weighted by Gasteiger charge is 2.37. The highest BCUT2D eigenvalue weighted by molar-refractivity contribution is 6.39. The highest BCUT2D eigenvalue weighted by atomic mass is 35.5. The van der Waals surface area contributed by atoms with Crippen molar-refractivity contribution in [3.8, 4) is 11.5 Å². The first-order chi connectivity index (χ1) is 14.4. The lowest BCUT2D eigenvalue weighted by molar-refractivity contribution is -0.122. The molecule has 0 unspecified atom stereocenters. The molecular weight excluding hydrogens is 408 g/mol. The Morgan fingerprint density at radius 2 is 1.93 bits per heavy atom. The van der Waals surface area contributed by atoms with E-state index in [0.717, 1.165) is 4.90 Å². The van der Waals surface area contributed by atoms with Gasteiger partial charge in [-0.3, -0.25) is 14.9 Å². The Morgan fingerprint density at radius 3 is 2.63 bits per heavy atom. The highest BCUT2D eigenvalue weighted by Crippen LogP contribution is 2.31. The topological polar surface area (TPSA) is 84.9 Å². The molecule has 1 saturated heterocycles. The van der Waals surface area contributed by atoms with E-state index in [0.29, 0.717) is 39.9 Å². The van der Waals surface area contributed by atoms with Gasteiger partial charge < -0.3 is 9.47 Å². The van der Waals surface area contributed by atoms with Crippen LogP contribution in [-0.4, -0.2) is 31.6 Å². The van der Waals surface area contributed by atoms with Gasteiger partial charge in [-0.25, -0.2) is 9.69 Å². The first kappa shape index (κ1) is 21.1. The van der Waals surface area contributed by atoms with Crippen molar-refractivity contribution in [2.45, 2.75) is 6.92 Å². The van der Waals surface area contributed by atoms with Gasteiger partial charge >= 0.3 is 6.03 Å². The van der Waals surface area contributed by atoms with Crippen LogP contribution in [0.25, 0.3) is 6.08 Å². The fourth-order valence-corrected chi connectivity index (χ4v) is 3.09. The summed E-state index contributed by atoms with van der Waals surface area (Å²) in [6.07, 6.45) is 2.99. The molecule has 8 heteroatoms. The van der Waals surface area contributed by atoms with Crippen LogP contribution in [0.5, 0.6) is 11.5 Å². The third kappa shape index (κ3) is 4.06. The van der Waals surface area contributed by atoms with E-state index in [-0.39, 0.29) is 5.57 Å². The third-order valence-corrected chi connectivity index (χ3v) is 4.85. The zero-order valence-corrected chi connectivity index (χ0v) is 17.2. The molecule has 0 aromatic heterocycles. The number of rotatable bonds is 6. The predicted octanol–water partition coefficient (Wildman–Crippen LogP) is 3.89. The Bertz CT molecular complexity index is 1080. The summed E-state index contributed by atoms with van der Waals surface area (Å²) in [6.45, 7) is 5.58. The number of methoxy groups -OCH3 is 1. The van der Waals surface area contributed by atoms with Gasteiger partial charge in [-0.05, 0) is 48.4 Å². The number of ether oxygens (including phenoxy) is 2. The molecule has 0 aliphatic carbocycles. The molecule has 2 aromatic rings. The molecule has 1 aliphatic heterocycles. The van der Waals surface area contributed by atoms with Crippen LogP contribution in [0.3, 0.4) is 0 Å². The summed E-state index contributed by atoms with van der Waals surface area (Å²) in [5.41, 5.74) is 1.17. The number of urea groups is 1. The van der Waals surface area contributed by atoms with Crippen LogP contribution in [0.2, 0.25) is 5.02 Å². The SMILES string of the molecule is C=CCOc1ccc(/C=C2\C(=O)NC(=O)N(c3cccc(Cl)c3C)C2=O)cc1OC. The lowest BCUT2D eigenvalue weighted by Crippen LogP contribution is -2.54. The molecule has 1 aliphatic rings. The minimum absolute atomic E-state index is 0.198. The van der Waals surface area contributed by atoms with Gasteiger partial charge in [0.25, 0.3) is 11.8 Å². The molecule has 0 bridgehead atoms. The number of carbonyl (C=O) groups excluding carboxylic acids is 3. The van der Waals surface area contributed by atoms with Crippen molar-refractivity contribution in [1.82, 2.24) is 5.32 Å². The van der Waals surface area contributed by atoms with E-state index in [1.54, 1.807) is 49.4 Å². The number of benzene rings is 2. The Kier molecular flexibility index (Phi) is 6.23. The van der Waals surface area contributed by atoms with Gasteiger partial charge in [-0.15, -0.1) is 0 Å². The van der Waals surface area contributed by atoms with Gasteiger partial charge in [-0.2, -0.15) is 0 Å². The average Bonchev–Trinajstić information content (AvgIpc) is 2.72. The maximum absolute atomic E-state index is 13.0. The molecule has 0 atom stereocenters. The minimum atomic E-state index is -0.835. The molecule has 0 spiro atoms. The predicted molar refractivity (Wildman–Crippen MR) is 114 cm³/mol. The molecule has 0 radical (unpaired) electrons. The number of carbonyl (C=O) groups is 3. The molecule has 1 fully saturated rings. The summed E-state index contributed by atoms with van der Waals surface area (Å²) < 4.78 is 10.8. The van der Waals surface area contributed by atoms with E-state index in [1.807, 2.05) is 0 Å². The summed E-state index contributed by atoms with van der Waals surface area (Å²) in [5, 5.41) is 2.59. The number of nitrogens with one attached hydrogen (secondary N) is 1. The van der Waals surface area contributed by atoms with Crippen LogP contribution in [0.4, 0.5) is 10.5 Å². The summed E-state index contributed by atoms with van der Waals surface area (Å²) in [6, 6.07) is 8.97. The van der Waals surface area contributed by atoms with E-state index >= 15 is 0 Å². The number of hydrogen-bond acceptors (Lipinski definition) is 5. The normalized spacial score (nSPS) is 15.2. The second-order valence-corrected chi connectivity index (χ2v) is 6.76. The third-order valence-electron chi connectivity index (χ3n) is 4.44. The van der Waals surface area contributed by atoms with Gasteiger partial charge in [0.2, 0.25) is 0 Å². The zero-order valence-electron chi connectivity index (χ0n) is 16.4. The van der Waals surface area contributed by atoms with Gasteiger partial charge in [0.15, 0.2) is 11.5 Å². The van der Waals surface area contributed by atoms with Crippen LogP contribution in [0, 0.1) is 6.92 Å². The molecule has 1 heterocycles. The number of imide groups is 2. The van der Waals surface area contributed by atoms with Crippen LogP contribution in [0.15, 0.2) is 54.6 Å². The molecule has 4 amide bonds. The van der Waals surface area contributed by atoms with E-state index in [4.69, 9.17) is 21.1 Å². The lowest BCUT2D eigenvalue weighted by atomic mass is 10.1. The fourth-order valence-electron chi connectivity index (χ4n) is 2.92. The molecule has 3 rings (SSSR count). The first-order valence-electron chi connectivity index (χ1n) is 8.95. The van der Waals surface area contributed by atoms with Crippen molar-refractivity contribution in [2.75, 3.05) is 18.6 Å². The Hall–Kier alpha value is -3.58. The largest absolute Gasteiger partial charge is 0.493 e. The number of anilines is 1. The molecule has 1 N–H and O–H groups in total. The minimum Gasteiger partial charge on any atom is -0.493 e. The fraction of sp³-hybridized carbons (Fsp3) is 0.136. The van der Waals surface area contributed by atoms with Gasteiger partial charge in [0.1, 0.15) is 12.2 Å². The maximum Gasteiger partial charge on any atom is 0.335 e. The standard InChI is InChI=1S/C22H19ClN2O5/c1-4-10-30-18-9-8-14(12-19(18)29-3)11-15-20(26)24-22(28)25(21(15)27)17-7-5-6-16(23)13(17)2/h4-9,11-12H,1,10H2,2-3H3,(H,24,26,28)/b15-11+. The molecule has 0 saturated carbocycles. The van der Waals surface area contributed by atoms with Crippen molar-refractivity contribution < 1.29 is 23.9 Å². The molecule has 154 valence electrons. The summed E-state index contributed by atoms with van der Waals surface area (Å²) in [7, 11) is 1.48. The van der Waals surface area contributed by atoms with Gasteiger partial charge in [0, 0.05) is 5.02 Å².